The summed E-state index contributed by atoms with van der Waals surface area (Å²) < 4.78 is 58.4. The van der Waals surface area contributed by atoms with E-state index in [0.717, 1.165) is 24.3 Å². The SMILES string of the molecule is CC(=O)NC(C)(C)C(=O)Nc1ccc(Oc2ccccc2C(F)(F)F)c(F)c1. The number of alkyl halides is 3. The topological polar surface area (TPSA) is 67.4 Å². The highest BCUT2D eigenvalue weighted by atomic mass is 19.4. The van der Waals surface area contributed by atoms with Crippen LogP contribution >= 0.6 is 0 Å². The lowest BCUT2D eigenvalue weighted by atomic mass is 10.0. The van der Waals surface area contributed by atoms with Crippen LogP contribution in [0.25, 0.3) is 0 Å². The van der Waals surface area contributed by atoms with Gasteiger partial charge < -0.3 is 15.4 Å². The minimum Gasteiger partial charge on any atom is -0.454 e. The van der Waals surface area contributed by atoms with Crippen LogP contribution in [0.2, 0.25) is 0 Å². The summed E-state index contributed by atoms with van der Waals surface area (Å²) in [7, 11) is 0. The molecule has 28 heavy (non-hydrogen) atoms. The maximum atomic E-state index is 14.3. The van der Waals surface area contributed by atoms with Crippen LogP contribution in [0, 0.1) is 5.82 Å². The van der Waals surface area contributed by atoms with E-state index in [1.807, 2.05) is 0 Å². The zero-order valence-corrected chi connectivity index (χ0v) is 15.3. The normalized spacial score (nSPS) is 11.7. The molecule has 0 fully saturated rings. The van der Waals surface area contributed by atoms with E-state index in [-0.39, 0.29) is 5.69 Å². The van der Waals surface area contributed by atoms with Crippen LogP contribution in [0.15, 0.2) is 42.5 Å². The van der Waals surface area contributed by atoms with Crippen molar-refractivity contribution < 1.29 is 31.9 Å². The second kappa shape index (κ2) is 7.87. The number of halogens is 4. The highest BCUT2D eigenvalue weighted by Gasteiger charge is 2.34. The largest absolute Gasteiger partial charge is 0.454 e. The average Bonchev–Trinajstić information content (AvgIpc) is 2.55. The fraction of sp³-hybridized carbons (Fsp3) is 0.263. The van der Waals surface area contributed by atoms with Crippen molar-refractivity contribution in [2.24, 2.45) is 0 Å². The Morgan fingerprint density at radius 2 is 1.64 bits per heavy atom. The number of anilines is 1. The first-order valence-corrected chi connectivity index (χ1v) is 8.14. The van der Waals surface area contributed by atoms with Gasteiger partial charge in [-0.25, -0.2) is 4.39 Å². The Balaban J connectivity index is 2.20. The van der Waals surface area contributed by atoms with E-state index in [1.165, 1.54) is 39.0 Å². The third kappa shape index (κ3) is 5.21. The second-order valence-corrected chi connectivity index (χ2v) is 6.50. The fourth-order valence-corrected chi connectivity index (χ4v) is 2.35. The van der Waals surface area contributed by atoms with Crippen LogP contribution < -0.4 is 15.4 Å². The monoisotopic (exact) mass is 398 g/mol. The summed E-state index contributed by atoms with van der Waals surface area (Å²) in [4.78, 5) is 23.3. The number of para-hydroxylation sites is 1. The molecule has 0 spiro atoms. The van der Waals surface area contributed by atoms with Crippen LogP contribution in [0.4, 0.5) is 23.2 Å². The van der Waals surface area contributed by atoms with Gasteiger partial charge in [-0.1, -0.05) is 12.1 Å². The van der Waals surface area contributed by atoms with Gasteiger partial charge in [-0.05, 0) is 38.1 Å². The summed E-state index contributed by atoms with van der Waals surface area (Å²) in [6.07, 6.45) is -4.66. The molecule has 0 saturated heterocycles. The van der Waals surface area contributed by atoms with E-state index >= 15 is 0 Å². The molecule has 5 nitrogen and oxygen atoms in total. The summed E-state index contributed by atoms with van der Waals surface area (Å²) in [5, 5.41) is 4.87. The van der Waals surface area contributed by atoms with Gasteiger partial charge in [0.05, 0.1) is 5.56 Å². The molecule has 0 atom stereocenters. The fourth-order valence-electron chi connectivity index (χ4n) is 2.35. The third-order valence-corrected chi connectivity index (χ3v) is 3.66. The molecular formula is C19H18F4N2O3. The van der Waals surface area contributed by atoms with Crippen molar-refractivity contribution in [2.75, 3.05) is 5.32 Å². The quantitative estimate of drug-likeness (QED) is 0.730. The van der Waals surface area contributed by atoms with Gasteiger partial charge in [0.2, 0.25) is 11.8 Å². The number of hydrogen-bond acceptors (Lipinski definition) is 3. The molecule has 150 valence electrons. The van der Waals surface area contributed by atoms with E-state index in [4.69, 9.17) is 4.74 Å². The molecule has 0 aliphatic heterocycles. The van der Waals surface area contributed by atoms with Crippen LogP contribution in [-0.4, -0.2) is 17.4 Å². The minimum absolute atomic E-state index is 0.0531. The molecule has 2 amide bonds. The van der Waals surface area contributed by atoms with Crippen LogP contribution in [0.3, 0.4) is 0 Å². The molecule has 0 aliphatic carbocycles. The Labute approximate surface area is 158 Å². The van der Waals surface area contributed by atoms with E-state index in [1.54, 1.807) is 0 Å². The third-order valence-electron chi connectivity index (χ3n) is 3.66. The molecule has 0 heterocycles. The second-order valence-electron chi connectivity index (χ2n) is 6.50. The molecule has 2 aromatic carbocycles. The van der Waals surface area contributed by atoms with Crippen LogP contribution in [0.1, 0.15) is 26.3 Å². The number of ether oxygens (including phenoxy) is 1. The Hall–Kier alpha value is -3.10. The number of carbonyl (C=O) groups is 2. The van der Waals surface area contributed by atoms with Crippen molar-refractivity contribution in [3.05, 3.63) is 53.8 Å². The van der Waals surface area contributed by atoms with Gasteiger partial charge in [0.1, 0.15) is 11.3 Å². The van der Waals surface area contributed by atoms with E-state index in [0.29, 0.717) is 0 Å². The number of hydrogen-bond donors (Lipinski definition) is 2. The van der Waals surface area contributed by atoms with Gasteiger partial charge in [-0.3, -0.25) is 9.59 Å². The molecule has 2 N–H and O–H groups in total. The Bertz CT molecular complexity index is 895. The summed E-state index contributed by atoms with van der Waals surface area (Å²) >= 11 is 0. The number of benzene rings is 2. The zero-order chi connectivity index (χ0) is 21.1. The average molecular weight is 398 g/mol. The zero-order valence-electron chi connectivity index (χ0n) is 15.3. The lowest BCUT2D eigenvalue weighted by Crippen LogP contribution is -2.51. The lowest BCUT2D eigenvalue weighted by molar-refractivity contribution is -0.138. The van der Waals surface area contributed by atoms with Crippen LogP contribution in [-0.2, 0) is 15.8 Å². The predicted octanol–water partition coefficient (Wildman–Crippen LogP) is 4.49. The van der Waals surface area contributed by atoms with E-state index in [9.17, 15) is 27.2 Å². The Morgan fingerprint density at radius 1 is 1.00 bits per heavy atom. The molecule has 0 aliphatic rings. The Kier molecular flexibility index (Phi) is 5.96. The standard InChI is InChI=1S/C19H18F4N2O3/c1-11(26)25-18(2,3)17(27)24-12-8-9-16(14(20)10-12)28-15-7-5-4-6-13(15)19(21,22)23/h4-10H,1-3H3,(H,24,27)(H,25,26). The molecular weight excluding hydrogens is 380 g/mol. The molecule has 0 unspecified atom stereocenters. The molecule has 0 radical (unpaired) electrons. The highest BCUT2D eigenvalue weighted by Crippen LogP contribution is 2.38. The smallest absolute Gasteiger partial charge is 0.419 e. The maximum absolute atomic E-state index is 14.3. The van der Waals surface area contributed by atoms with Gasteiger partial charge in [-0.2, -0.15) is 13.2 Å². The van der Waals surface area contributed by atoms with Crippen molar-refractivity contribution in [3.63, 3.8) is 0 Å². The predicted molar refractivity (Wildman–Crippen MR) is 94.4 cm³/mol. The lowest BCUT2D eigenvalue weighted by Gasteiger charge is -2.24. The van der Waals surface area contributed by atoms with Crippen molar-refractivity contribution in [3.8, 4) is 11.5 Å². The summed E-state index contributed by atoms with van der Waals surface area (Å²) in [5.41, 5.74) is -2.23. The van der Waals surface area contributed by atoms with Gasteiger partial charge in [0.15, 0.2) is 11.6 Å². The van der Waals surface area contributed by atoms with Gasteiger partial charge in [0, 0.05) is 18.7 Å². The van der Waals surface area contributed by atoms with Crippen molar-refractivity contribution in [2.45, 2.75) is 32.5 Å². The summed E-state index contributed by atoms with van der Waals surface area (Å²) in [6, 6.07) is 7.72. The maximum Gasteiger partial charge on any atom is 0.419 e. The number of carbonyl (C=O) groups excluding carboxylic acids is 2. The molecule has 0 aromatic heterocycles. The Morgan fingerprint density at radius 3 is 2.21 bits per heavy atom. The van der Waals surface area contributed by atoms with E-state index < -0.39 is 46.4 Å². The first-order chi connectivity index (χ1) is 12.9. The first kappa shape index (κ1) is 21.2. The molecule has 0 bridgehead atoms. The van der Waals surface area contributed by atoms with Gasteiger partial charge >= 0.3 is 6.18 Å². The highest BCUT2D eigenvalue weighted by molar-refractivity contribution is 5.99. The first-order valence-electron chi connectivity index (χ1n) is 8.14. The molecule has 2 rings (SSSR count). The van der Waals surface area contributed by atoms with E-state index in [2.05, 4.69) is 10.6 Å². The van der Waals surface area contributed by atoms with Crippen molar-refractivity contribution in [1.29, 1.82) is 0 Å². The summed E-state index contributed by atoms with van der Waals surface area (Å²) in [6.45, 7) is 4.18. The summed E-state index contributed by atoms with van der Waals surface area (Å²) in [5.74, 6) is -2.96. The number of nitrogens with one attached hydrogen (secondary N) is 2. The molecule has 2 aromatic rings. The van der Waals surface area contributed by atoms with Crippen molar-refractivity contribution in [1.82, 2.24) is 5.32 Å². The minimum atomic E-state index is -4.66. The number of rotatable bonds is 5. The van der Waals surface area contributed by atoms with Crippen molar-refractivity contribution >= 4 is 17.5 Å². The molecule has 9 heteroatoms. The van der Waals surface area contributed by atoms with Crippen LogP contribution in [0.5, 0.6) is 11.5 Å². The van der Waals surface area contributed by atoms with Gasteiger partial charge in [-0.15, -0.1) is 0 Å². The van der Waals surface area contributed by atoms with Gasteiger partial charge in [0.25, 0.3) is 0 Å². The molecule has 0 saturated carbocycles. The number of amides is 2.